The predicted octanol–water partition coefficient (Wildman–Crippen LogP) is 5.39. The summed E-state index contributed by atoms with van der Waals surface area (Å²) < 4.78 is 6.77. The van der Waals surface area contributed by atoms with Gasteiger partial charge in [-0.1, -0.05) is 59.8 Å². The number of para-hydroxylation sites is 2. The lowest BCUT2D eigenvalue weighted by atomic mass is 10.2. The van der Waals surface area contributed by atoms with Crippen molar-refractivity contribution in [3.05, 3.63) is 95.8 Å². The SMILES string of the molecule is COC(=O)c1ccccc1NC(=O)CSc1nnc(CSc2ccc(C)cc2)n1-c1ccccc1. The predicted molar refractivity (Wildman–Crippen MR) is 139 cm³/mol. The number of nitrogens with one attached hydrogen (secondary N) is 1. The molecule has 35 heavy (non-hydrogen) atoms. The highest BCUT2D eigenvalue weighted by molar-refractivity contribution is 7.99. The second-order valence-corrected chi connectivity index (χ2v) is 9.54. The Bertz CT molecular complexity index is 1310. The second kappa shape index (κ2) is 11.7. The Morgan fingerprint density at radius 3 is 2.37 bits per heavy atom. The van der Waals surface area contributed by atoms with Crippen LogP contribution in [0.15, 0.2) is 88.9 Å². The fraction of sp³-hybridized carbons (Fsp3) is 0.154. The summed E-state index contributed by atoms with van der Waals surface area (Å²) in [5.74, 6) is 0.758. The van der Waals surface area contributed by atoms with E-state index < -0.39 is 5.97 Å². The van der Waals surface area contributed by atoms with Gasteiger partial charge in [0.05, 0.1) is 29.9 Å². The monoisotopic (exact) mass is 504 g/mol. The summed E-state index contributed by atoms with van der Waals surface area (Å²) in [6.07, 6.45) is 0. The van der Waals surface area contributed by atoms with E-state index in [-0.39, 0.29) is 11.7 Å². The number of carbonyl (C=O) groups is 2. The number of nitrogens with zero attached hydrogens (tertiary/aromatic N) is 3. The molecule has 0 fully saturated rings. The molecule has 178 valence electrons. The topological polar surface area (TPSA) is 86.1 Å². The number of hydrogen-bond donors (Lipinski definition) is 1. The number of methoxy groups -OCH3 is 1. The van der Waals surface area contributed by atoms with Crippen molar-refractivity contribution in [3.8, 4) is 5.69 Å². The Balaban J connectivity index is 1.49. The maximum absolute atomic E-state index is 12.7. The summed E-state index contributed by atoms with van der Waals surface area (Å²) >= 11 is 2.97. The summed E-state index contributed by atoms with van der Waals surface area (Å²) in [5.41, 5.74) is 2.85. The van der Waals surface area contributed by atoms with Crippen LogP contribution < -0.4 is 5.32 Å². The molecule has 0 aliphatic rings. The average Bonchev–Trinajstić information content (AvgIpc) is 3.30. The van der Waals surface area contributed by atoms with Crippen LogP contribution in [0.2, 0.25) is 0 Å². The number of ether oxygens (including phenoxy) is 1. The van der Waals surface area contributed by atoms with E-state index in [4.69, 9.17) is 4.74 Å². The standard InChI is InChI=1S/C26H24N4O3S2/c1-18-12-14-20(15-13-18)34-16-23-28-29-26(30(23)19-8-4-3-5-9-19)35-17-24(31)27-22-11-7-6-10-21(22)25(32)33-2/h3-15H,16-17H2,1-2H3,(H,27,31). The van der Waals surface area contributed by atoms with Crippen LogP contribution in [0.5, 0.6) is 0 Å². The number of rotatable bonds is 9. The van der Waals surface area contributed by atoms with Gasteiger partial charge >= 0.3 is 5.97 Å². The Kier molecular flexibility index (Phi) is 8.23. The highest BCUT2D eigenvalue weighted by Gasteiger charge is 2.18. The zero-order valence-corrected chi connectivity index (χ0v) is 20.9. The average molecular weight is 505 g/mol. The lowest BCUT2D eigenvalue weighted by Crippen LogP contribution is -2.17. The van der Waals surface area contributed by atoms with Crippen molar-refractivity contribution in [2.24, 2.45) is 0 Å². The lowest BCUT2D eigenvalue weighted by Gasteiger charge is -2.11. The number of hydrogen-bond acceptors (Lipinski definition) is 7. The first kappa shape index (κ1) is 24.6. The number of amides is 1. The van der Waals surface area contributed by atoms with Gasteiger partial charge < -0.3 is 10.1 Å². The van der Waals surface area contributed by atoms with Gasteiger partial charge in [-0.2, -0.15) is 0 Å². The molecule has 7 nitrogen and oxygen atoms in total. The molecule has 0 aliphatic heterocycles. The van der Waals surface area contributed by atoms with Crippen molar-refractivity contribution in [3.63, 3.8) is 0 Å². The Labute approximate surface area is 212 Å². The van der Waals surface area contributed by atoms with Crippen LogP contribution in [0.25, 0.3) is 5.69 Å². The van der Waals surface area contributed by atoms with Crippen molar-refractivity contribution in [1.82, 2.24) is 14.8 Å². The van der Waals surface area contributed by atoms with Crippen LogP contribution >= 0.6 is 23.5 Å². The fourth-order valence-corrected chi connectivity index (χ4v) is 4.88. The molecular formula is C26H24N4O3S2. The molecule has 0 bridgehead atoms. The molecule has 1 aromatic heterocycles. The second-order valence-electron chi connectivity index (χ2n) is 7.55. The number of aryl methyl sites for hydroxylation is 1. The molecule has 9 heteroatoms. The molecule has 1 amide bonds. The minimum absolute atomic E-state index is 0.103. The van der Waals surface area contributed by atoms with E-state index in [1.54, 1.807) is 36.0 Å². The number of carbonyl (C=O) groups excluding carboxylic acids is 2. The molecule has 4 rings (SSSR count). The van der Waals surface area contributed by atoms with Crippen LogP contribution in [-0.2, 0) is 15.3 Å². The van der Waals surface area contributed by atoms with Gasteiger partial charge in [0, 0.05) is 10.6 Å². The highest BCUT2D eigenvalue weighted by atomic mass is 32.2. The minimum Gasteiger partial charge on any atom is -0.465 e. The zero-order valence-electron chi connectivity index (χ0n) is 19.3. The van der Waals surface area contributed by atoms with Crippen LogP contribution in [-0.4, -0.2) is 39.5 Å². The molecule has 0 saturated heterocycles. The molecule has 1 heterocycles. The maximum atomic E-state index is 12.7. The summed E-state index contributed by atoms with van der Waals surface area (Å²) in [6.45, 7) is 2.06. The largest absolute Gasteiger partial charge is 0.465 e. The van der Waals surface area contributed by atoms with Crippen molar-refractivity contribution < 1.29 is 14.3 Å². The highest BCUT2D eigenvalue weighted by Crippen LogP contribution is 2.28. The third-order valence-corrected chi connectivity index (χ3v) is 6.98. The molecule has 1 N–H and O–H groups in total. The van der Waals surface area contributed by atoms with Crippen molar-refractivity contribution in [2.75, 3.05) is 18.2 Å². The first-order chi connectivity index (χ1) is 17.0. The van der Waals surface area contributed by atoms with Gasteiger partial charge in [-0.15, -0.1) is 22.0 Å². The van der Waals surface area contributed by atoms with Crippen LogP contribution in [0, 0.1) is 6.92 Å². The quantitative estimate of drug-likeness (QED) is 0.242. The molecule has 0 saturated carbocycles. The molecule has 3 aromatic carbocycles. The van der Waals surface area contributed by atoms with Gasteiger partial charge in [0.2, 0.25) is 5.91 Å². The first-order valence-electron chi connectivity index (χ1n) is 10.8. The third kappa shape index (κ3) is 6.32. The smallest absolute Gasteiger partial charge is 0.339 e. The van der Waals surface area contributed by atoms with E-state index in [2.05, 4.69) is 46.7 Å². The minimum atomic E-state index is -0.506. The fourth-order valence-electron chi connectivity index (χ4n) is 3.30. The number of aromatic nitrogens is 3. The lowest BCUT2D eigenvalue weighted by molar-refractivity contribution is -0.113. The van der Waals surface area contributed by atoms with Crippen molar-refractivity contribution in [1.29, 1.82) is 0 Å². The molecule has 0 radical (unpaired) electrons. The summed E-state index contributed by atoms with van der Waals surface area (Å²) in [5, 5.41) is 12.2. The van der Waals surface area contributed by atoms with Crippen LogP contribution in [0.1, 0.15) is 21.7 Å². The molecule has 0 unspecified atom stereocenters. The molecule has 4 aromatic rings. The van der Waals surface area contributed by atoms with E-state index >= 15 is 0 Å². The number of anilines is 1. The van der Waals surface area contributed by atoms with Crippen molar-refractivity contribution >= 4 is 41.1 Å². The van der Waals surface area contributed by atoms with Gasteiger partial charge in [0.25, 0.3) is 0 Å². The van der Waals surface area contributed by atoms with Crippen LogP contribution in [0.3, 0.4) is 0 Å². The third-order valence-electron chi connectivity index (χ3n) is 5.04. The van der Waals surface area contributed by atoms with Crippen LogP contribution in [0.4, 0.5) is 5.69 Å². The van der Waals surface area contributed by atoms with Gasteiger partial charge in [-0.3, -0.25) is 9.36 Å². The maximum Gasteiger partial charge on any atom is 0.339 e. The zero-order chi connectivity index (χ0) is 24.6. The summed E-state index contributed by atoms with van der Waals surface area (Å²) in [7, 11) is 1.31. The number of thioether (sulfide) groups is 2. The Hall–Kier alpha value is -3.56. The number of benzene rings is 3. The van der Waals surface area contributed by atoms with Gasteiger partial charge in [-0.25, -0.2) is 4.79 Å². The molecule has 0 atom stereocenters. The molecule has 0 aliphatic carbocycles. The van der Waals surface area contributed by atoms with E-state index in [9.17, 15) is 9.59 Å². The summed E-state index contributed by atoms with van der Waals surface area (Å²) in [6, 6.07) is 24.9. The Morgan fingerprint density at radius 2 is 1.63 bits per heavy atom. The number of esters is 1. The van der Waals surface area contributed by atoms with E-state index in [0.717, 1.165) is 16.4 Å². The van der Waals surface area contributed by atoms with Gasteiger partial charge in [0.1, 0.15) is 5.82 Å². The Morgan fingerprint density at radius 1 is 0.914 bits per heavy atom. The molecule has 0 spiro atoms. The summed E-state index contributed by atoms with van der Waals surface area (Å²) in [4.78, 5) is 25.8. The first-order valence-corrected chi connectivity index (χ1v) is 12.8. The molecular weight excluding hydrogens is 480 g/mol. The van der Waals surface area contributed by atoms with E-state index in [0.29, 0.717) is 22.2 Å². The van der Waals surface area contributed by atoms with Crippen molar-refractivity contribution in [2.45, 2.75) is 22.7 Å². The van der Waals surface area contributed by atoms with E-state index in [1.165, 1.54) is 24.4 Å². The van der Waals surface area contributed by atoms with Gasteiger partial charge in [0.15, 0.2) is 5.16 Å². The normalized spacial score (nSPS) is 10.7. The van der Waals surface area contributed by atoms with Gasteiger partial charge in [-0.05, 0) is 43.3 Å². The van der Waals surface area contributed by atoms with E-state index in [1.807, 2.05) is 34.9 Å².